The van der Waals surface area contributed by atoms with Gasteiger partial charge in [0.25, 0.3) is 0 Å². The summed E-state index contributed by atoms with van der Waals surface area (Å²) in [5.41, 5.74) is 1.88. The van der Waals surface area contributed by atoms with Gasteiger partial charge < -0.3 is 14.4 Å². The number of nitrogens with zero attached hydrogens (tertiary/aromatic N) is 2. The van der Waals surface area contributed by atoms with Gasteiger partial charge in [0.05, 0.1) is 16.6 Å². The summed E-state index contributed by atoms with van der Waals surface area (Å²) in [6.45, 7) is 10.8. The third-order valence-electron chi connectivity index (χ3n) is 7.03. The van der Waals surface area contributed by atoms with E-state index in [1.54, 1.807) is 24.3 Å². The summed E-state index contributed by atoms with van der Waals surface area (Å²) in [6, 6.07) is 11.0. The number of hydrogen-bond donors (Lipinski definition) is 1. The molecule has 8 heteroatoms. The molecule has 0 saturated heterocycles. The van der Waals surface area contributed by atoms with Gasteiger partial charge in [-0.25, -0.2) is 9.78 Å². The van der Waals surface area contributed by atoms with Gasteiger partial charge >= 0.3 is 12.3 Å². The van der Waals surface area contributed by atoms with Crippen molar-refractivity contribution in [2.75, 3.05) is 0 Å². The van der Waals surface area contributed by atoms with Crippen LogP contribution in [0.25, 0.3) is 11.0 Å². The minimum Gasteiger partial charge on any atom is -0.478 e. The van der Waals surface area contributed by atoms with Crippen LogP contribution >= 0.6 is 0 Å². The highest BCUT2D eigenvalue weighted by molar-refractivity contribution is 5.92. The standard InChI is InChI=1S/C27H31F3N2O3/c1-16-12-19(15-25(2,3)14-16)32-22-11-6-17(23(33)34)13-21(22)31-24(32)26(4,5)18-7-9-20(10-8-18)35-27(28,29)30/h6-11,13,16,19H,12,14-15H2,1-5H3,(H,33,34). The van der Waals surface area contributed by atoms with Crippen LogP contribution in [-0.2, 0) is 5.41 Å². The molecule has 1 saturated carbocycles. The number of benzene rings is 2. The lowest BCUT2D eigenvalue weighted by Gasteiger charge is -2.41. The number of fused-ring (bicyclic) bond motifs is 1. The van der Waals surface area contributed by atoms with E-state index in [0.29, 0.717) is 11.4 Å². The Morgan fingerprint density at radius 1 is 1.11 bits per heavy atom. The molecule has 0 spiro atoms. The molecule has 35 heavy (non-hydrogen) atoms. The van der Waals surface area contributed by atoms with Gasteiger partial charge in [0.15, 0.2) is 0 Å². The fourth-order valence-corrected chi connectivity index (χ4v) is 5.74. The van der Waals surface area contributed by atoms with Crippen molar-refractivity contribution in [3.63, 3.8) is 0 Å². The van der Waals surface area contributed by atoms with Crippen molar-refractivity contribution in [3.8, 4) is 5.75 Å². The van der Waals surface area contributed by atoms with E-state index in [1.807, 2.05) is 19.9 Å². The summed E-state index contributed by atoms with van der Waals surface area (Å²) < 4.78 is 44.1. The highest BCUT2D eigenvalue weighted by Crippen LogP contribution is 2.47. The van der Waals surface area contributed by atoms with Gasteiger partial charge in [-0.2, -0.15) is 0 Å². The Balaban J connectivity index is 1.85. The van der Waals surface area contributed by atoms with E-state index >= 15 is 0 Å². The maximum atomic E-state index is 12.6. The first-order valence-corrected chi connectivity index (χ1v) is 11.8. The summed E-state index contributed by atoms with van der Waals surface area (Å²) in [5, 5.41) is 9.49. The van der Waals surface area contributed by atoms with E-state index in [9.17, 15) is 23.1 Å². The summed E-state index contributed by atoms with van der Waals surface area (Å²) in [6.07, 6.45) is -1.71. The van der Waals surface area contributed by atoms with E-state index in [-0.39, 0.29) is 22.8 Å². The van der Waals surface area contributed by atoms with E-state index in [0.717, 1.165) is 36.2 Å². The Hall–Kier alpha value is -3.03. The van der Waals surface area contributed by atoms with Gasteiger partial charge in [-0.05, 0) is 80.3 Å². The smallest absolute Gasteiger partial charge is 0.478 e. The molecule has 1 aliphatic rings. The summed E-state index contributed by atoms with van der Waals surface area (Å²) in [7, 11) is 0. The minimum absolute atomic E-state index is 0.137. The number of carboxylic acid groups (broad SMARTS) is 1. The Morgan fingerprint density at radius 3 is 2.34 bits per heavy atom. The van der Waals surface area contributed by atoms with Gasteiger partial charge in [0.2, 0.25) is 0 Å². The van der Waals surface area contributed by atoms with Crippen molar-refractivity contribution in [1.29, 1.82) is 0 Å². The first kappa shape index (κ1) is 25.1. The van der Waals surface area contributed by atoms with Crippen LogP contribution in [0.4, 0.5) is 13.2 Å². The Labute approximate surface area is 202 Å². The summed E-state index contributed by atoms with van der Waals surface area (Å²) >= 11 is 0. The number of carboxylic acids is 1. The minimum atomic E-state index is -4.75. The molecule has 188 valence electrons. The fourth-order valence-electron chi connectivity index (χ4n) is 5.74. The van der Waals surface area contributed by atoms with Crippen LogP contribution in [0.2, 0.25) is 0 Å². The van der Waals surface area contributed by atoms with Crippen molar-refractivity contribution in [3.05, 3.63) is 59.4 Å². The van der Waals surface area contributed by atoms with Crippen LogP contribution in [0.5, 0.6) is 5.75 Å². The zero-order valence-corrected chi connectivity index (χ0v) is 20.6. The van der Waals surface area contributed by atoms with Gasteiger partial charge in [0.1, 0.15) is 11.6 Å². The van der Waals surface area contributed by atoms with E-state index < -0.39 is 17.7 Å². The summed E-state index contributed by atoms with van der Waals surface area (Å²) in [4.78, 5) is 16.5. The average molecular weight is 489 g/mol. The molecule has 0 bridgehead atoms. The number of halogens is 3. The molecule has 2 aromatic carbocycles. The van der Waals surface area contributed by atoms with Gasteiger partial charge in [-0.1, -0.05) is 32.9 Å². The number of carbonyl (C=O) groups is 1. The van der Waals surface area contributed by atoms with Gasteiger partial charge in [-0.3, -0.25) is 0 Å². The first-order valence-electron chi connectivity index (χ1n) is 11.8. The van der Waals surface area contributed by atoms with Gasteiger partial charge in [0, 0.05) is 11.5 Å². The van der Waals surface area contributed by atoms with E-state index in [1.165, 1.54) is 12.1 Å². The molecule has 1 N–H and O–H groups in total. The van der Waals surface area contributed by atoms with E-state index in [4.69, 9.17) is 4.98 Å². The zero-order chi connectivity index (χ0) is 25.8. The molecular formula is C27H31F3N2O3. The normalized spacial score (nSPS) is 20.7. The molecule has 3 aromatic rings. The second kappa shape index (κ2) is 8.57. The SMILES string of the molecule is CC1CC(n2c(C(C)(C)c3ccc(OC(F)(F)F)cc3)nc3cc(C(=O)O)ccc32)CC(C)(C)C1. The lowest BCUT2D eigenvalue weighted by atomic mass is 9.70. The maximum absolute atomic E-state index is 12.6. The number of hydrogen-bond acceptors (Lipinski definition) is 3. The second-order valence-electron chi connectivity index (χ2n) is 11.1. The fraction of sp³-hybridized carbons (Fsp3) is 0.481. The third-order valence-corrected chi connectivity index (χ3v) is 7.03. The molecule has 2 unspecified atom stereocenters. The highest BCUT2D eigenvalue weighted by atomic mass is 19.4. The molecule has 0 aliphatic heterocycles. The molecule has 4 rings (SSSR count). The molecule has 1 aromatic heterocycles. The average Bonchev–Trinajstić information content (AvgIpc) is 3.11. The van der Waals surface area contributed by atoms with Gasteiger partial charge in [-0.15, -0.1) is 13.2 Å². The highest BCUT2D eigenvalue weighted by Gasteiger charge is 2.38. The Morgan fingerprint density at radius 2 is 1.77 bits per heavy atom. The van der Waals surface area contributed by atoms with Crippen molar-refractivity contribution in [2.45, 2.75) is 71.7 Å². The van der Waals surface area contributed by atoms with Crippen LogP contribution in [0, 0.1) is 11.3 Å². The van der Waals surface area contributed by atoms with Crippen molar-refractivity contribution in [1.82, 2.24) is 9.55 Å². The number of imidazole rings is 1. The number of rotatable bonds is 5. The molecule has 1 heterocycles. The molecule has 1 aliphatic carbocycles. The molecule has 0 radical (unpaired) electrons. The molecule has 2 atom stereocenters. The van der Waals surface area contributed by atoms with Crippen molar-refractivity contribution in [2.24, 2.45) is 11.3 Å². The Kier molecular flexibility index (Phi) is 6.14. The molecule has 5 nitrogen and oxygen atoms in total. The number of aromatic carboxylic acids is 1. The number of aromatic nitrogens is 2. The molecular weight excluding hydrogens is 457 g/mol. The molecule has 1 fully saturated rings. The maximum Gasteiger partial charge on any atom is 0.573 e. The van der Waals surface area contributed by atoms with E-state index in [2.05, 4.69) is 30.1 Å². The first-order chi connectivity index (χ1) is 16.2. The van der Waals surface area contributed by atoms with Crippen molar-refractivity contribution < 1.29 is 27.8 Å². The quantitative estimate of drug-likeness (QED) is 0.408. The molecule has 0 amide bonds. The third kappa shape index (κ3) is 5.16. The van der Waals surface area contributed by atoms with Crippen molar-refractivity contribution >= 4 is 17.0 Å². The predicted octanol–water partition coefficient (Wildman–Crippen LogP) is 7.35. The summed E-state index contributed by atoms with van der Waals surface area (Å²) in [5.74, 6) is -0.0295. The Bertz CT molecular complexity index is 1240. The largest absolute Gasteiger partial charge is 0.573 e. The monoisotopic (exact) mass is 488 g/mol. The number of alkyl halides is 3. The van der Waals surface area contributed by atoms with Crippen LogP contribution in [0.1, 0.15) is 81.7 Å². The van der Waals surface area contributed by atoms with Crippen LogP contribution in [0.3, 0.4) is 0 Å². The van der Waals surface area contributed by atoms with Crippen LogP contribution in [-0.4, -0.2) is 27.0 Å². The topological polar surface area (TPSA) is 64.4 Å². The lowest BCUT2D eigenvalue weighted by molar-refractivity contribution is -0.274. The zero-order valence-electron chi connectivity index (χ0n) is 20.6. The predicted molar refractivity (Wildman–Crippen MR) is 128 cm³/mol. The lowest BCUT2D eigenvalue weighted by Crippen LogP contribution is -2.33. The number of ether oxygens (including phenoxy) is 1. The van der Waals surface area contributed by atoms with Crippen LogP contribution < -0.4 is 4.74 Å². The second-order valence-corrected chi connectivity index (χ2v) is 11.1. The van der Waals surface area contributed by atoms with Crippen LogP contribution in [0.15, 0.2) is 42.5 Å².